The zero-order valence-electron chi connectivity index (χ0n) is 62.0. The first-order valence-corrected chi connectivity index (χ1v) is 41.8. The van der Waals surface area contributed by atoms with E-state index in [4.69, 9.17) is 37.0 Å². The van der Waals surface area contributed by atoms with Crippen LogP contribution in [-0.2, 0) is 65.4 Å². The molecule has 568 valence electrons. The van der Waals surface area contributed by atoms with Gasteiger partial charge in [-0.1, -0.05) is 280 Å². The SMILES string of the molecule is CCCCC/C=C\C/C=C\C/C=C\C/C=C\C/C=C\CCC(=O)OC[C@H](COP(=O)(O)OC[C@@H](O)COP(=O)(O)OC[C@@H](COC(=O)CCCCCCC/C=C\CCCCCC)OC(=O)CCCCCCCCCCCCCCC)OC(=O)CCCCCCC/C=C\CCCCCC. The molecule has 0 spiro atoms. The third kappa shape index (κ3) is 70.7. The van der Waals surface area contributed by atoms with Crippen LogP contribution in [0.25, 0.3) is 0 Å². The molecule has 0 heterocycles. The van der Waals surface area contributed by atoms with Crippen LogP contribution in [-0.4, -0.2) is 96.7 Å². The van der Waals surface area contributed by atoms with Gasteiger partial charge in [0.15, 0.2) is 12.2 Å². The predicted octanol–water partition coefficient (Wildman–Crippen LogP) is 22.2. The first kappa shape index (κ1) is 94.2. The van der Waals surface area contributed by atoms with E-state index in [1.807, 2.05) is 12.2 Å². The van der Waals surface area contributed by atoms with Gasteiger partial charge in [-0.15, -0.1) is 0 Å². The van der Waals surface area contributed by atoms with Gasteiger partial charge in [0.25, 0.3) is 0 Å². The first-order chi connectivity index (χ1) is 47.7. The Morgan fingerprint density at radius 2 is 0.520 bits per heavy atom. The van der Waals surface area contributed by atoms with Gasteiger partial charge in [0.05, 0.1) is 26.4 Å². The third-order valence-corrected chi connectivity index (χ3v) is 18.2. The predicted molar refractivity (Wildman–Crippen MR) is 399 cm³/mol. The highest BCUT2D eigenvalue weighted by molar-refractivity contribution is 7.47. The molecule has 5 atom stereocenters. The fourth-order valence-corrected chi connectivity index (χ4v) is 11.9. The van der Waals surface area contributed by atoms with Gasteiger partial charge >= 0.3 is 39.5 Å². The van der Waals surface area contributed by atoms with Gasteiger partial charge in [0.1, 0.15) is 19.3 Å². The molecule has 19 heteroatoms. The number of allylic oxidation sites excluding steroid dienone is 14. The molecule has 17 nitrogen and oxygen atoms in total. The maximum atomic E-state index is 13.1. The number of unbranched alkanes of at least 4 members (excludes halogenated alkanes) is 33. The Morgan fingerprint density at radius 1 is 0.286 bits per heavy atom. The Kier molecular flexibility index (Phi) is 68.9. The van der Waals surface area contributed by atoms with Crippen molar-refractivity contribution in [2.24, 2.45) is 0 Å². The summed E-state index contributed by atoms with van der Waals surface area (Å²) in [6, 6.07) is 0. The summed E-state index contributed by atoms with van der Waals surface area (Å²) >= 11 is 0. The molecule has 0 aromatic carbocycles. The number of phosphoric ester groups is 2. The Hall–Kier alpha value is -3.76. The van der Waals surface area contributed by atoms with Crippen molar-refractivity contribution in [1.82, 2.24) is 0 Å². The maximum Gasteiger partial charge on any atom is 0.472 e. The first-order valence-electron chi connectivity index (χ1n) is 38.8. The van der Waals surface area contributed by atoms with Crippen molar-refractivity contribution in [2.75, 3.05) is 39.6 Å². The average Bonchev–Trinajstić information content (AvgIpc) is 0.966. The molecule has 98 heavy (non-hydrogen) atoms. The second-order valence-corrected chi connectivity index (χ2v) is 28.9. The number of hydrogen-bond donors (Lipinski definition) is 3. The summed E-state index contributed by atoms with van der Waals surface area (Å²) in [6.45, 7) is 4.75. The molecule has 3 N–H and O–H groups in total. The standard InChI is InChI=1S/C79H140O17P2/c1-5-9-13-17-21-25-29-33-34-35-36-37-38-42-44-48-52-56-60-64-77(82)90-70-75(96-79(84)66-62-58-54-50-46-41-32-28-24-20-16-12-8-4)72-94-98(87,88)92-68-73(80)67-91-97(85,86)93-71-74(95-78(83)65-61-57-53-49-45-40-31-27-23-19-15-11-7-3)69-89-76(81)63-59-55-51-47-43-39-30-26-22-18-14-10-6-2/h21,25-26,28,30,32-34,36-37,42,44,52,56,73-75,80H,5-20,22-24,27,29,31,35,38-41,43,45-51,53-55,57-72H2,1-4H3,(H,85,86)(H,87,88)/b25-21-,30-26-,32-28-,34-33-,37-36-,44-42-,56-52-/t73-,74+,75+/m0/s1. The van der Waals surface area contributed by atoms with Crippen molar-refractivity contribution in [3.63, 3.8) is 0 Å². The van der Waals surface area contributed by atoms with Crippen molar-refractivity contribution in [3.8, 4) is 0 Å². The largest absolute Gasteiger partial charge is 0.472 e. The van der Waals surface area contributed by atoms with Crippen molar-refractivity contribution in [3.05, 3.63) is 85.1 Å². The van der Waals surface area contributed by atoms with Gasteiger partial charge in [-0.05, 0) is 116 Å². The number of ether oxygens (including phenoxy) is 4. The number of phosphoric acid groups is 2. The van der Waals surface area contributed by atoms with Crippen molar-refractivity contribution in [1.29, 1.82) is 0 Å². The number of hydrogen-bond acceptors (Lipinski definition) is 15. The van der Waals surface area contributed by atoms with Crippen molar-refractivity contribution < 1.29 is 80.2 Å². The summed E-state index contributed by atoms with van der Waals surface area (Å²) in [4.78, 5) is 72.8. The van der Waals surface area contributed by atoms with Gasteiger partial charge in [0.2, 0.25) is 0 Å². The monoisotopic (exact) mass is 1420 g/mol. The number of aliphatic hydroxyl groups is 1. The molecule has 0 aromatic rings. The van der Waals surface area contributed by atoms with Crippen molar-refractivity contribution >= 4 is 39.5 Å². The van der Waals surface area contributed by atoms with Crippen molar-refractivity contribution in [2.45, 2.75) is 354 Å². The normalized spacial score (nSPS) is 14.4. The number of carbonyl (C=O) groups excluding carboxylic acids is 4. The lowest BCUT2D eigenvalue weighted by Crippen LogP contribution is -2.30. The molecule has 0 aliphatic heterocycles. The van der Waals surface area contributed by atoms with Crippen LogP contribution in [0.1, 0.15) is 336 Å². The van der Waals surface area contributed by atoms with E-state index in [1.165, 1.54) is 122 Å². The minimum absolute atomic E-state index is 0.0378. The second kappa shape index (κ2) is 71.6. The summed E-state index contributed by atoms with van der Waals surface area (Å²) in [6.07, 6.45) is 73.0. The lowest BCUT2D eigenvalue weighted by molar-refractivity contribution is -0.161. The smallest absolute Gasteiger partial charge is 0.462 e. The molecule has 0 aromatic heterocycles. The Labute approximate surface area is 595 Å². The fraction of sp³-hybridized carbons (Fsp3) is 0.772. The maximum absolute atomic E-state index is 13.1. The molecule has 0 saturated carbocycles. The van der Waals surface area contributed by atoms with Crippen LogP contribution in [0.5, 0.6) is 0 Å². The van der Waals surface area contributed by atoms with Crippen LogP contribution in [0.4, 0.5) is 0 Å². The van der Waals surface area contributed by atoms with Gasteiger partial charge < -0.3 is 33.8 Å². The van der Waals surface area contributed by atoms with Gasteiger partial charge in [-0.2, -0.15) is 0 Å². The van der Waals surface area contributed by atoms with E-state index >= 15 is 0 Å². The lowest BCUT2D eigenvalue weighted by atomic mass is 10.0. The molecule has 0 radical (unpaired) electrons. The molecule has 0 fully saturated rings. The topological polar surface area (TPSA) is 237 Å². The molecule has 0 aliphatic carbocycles. The van der Waals surface area contributed by atoms with E-state index in [0.29, 0.717) is 32.1 Å². The summed E-state index contributed by atoms with van der Waals surface area (Å²) in [7, 11) is -9.96. The molecular formula is C79H140O17P2. The Balaban J connectivity index is 5.38. The van der Waals surface area contributed by atoms with Crippen LogP contribution in [0.2, 0.25) is 0 Å². The highest BCUT2D eigenvalue weighted by atomic mass is 31.2. The van der Waals surface area contributed by atoms with Crippen LogP contribution in [0, 0.1) is 0 Å². The van der Waals surface area contributed by atoms with Crippen LogP contribution in [0.15, 0.2) is 85.1 Å². The van der Waals surface area contributed by atoms with E-state index in [0.717, 1.165) is 128 Å². The minimum atomic E-state index is -4.99. The fourth-order valence-electron chi connectivity index (χ4n) is 10.4. The van der Waals surface area contributed by atoms with Gasteiger partial charge in [0, 0.05) is 25.7 Å². The van der Waals surface area contributed by atoms with Crippen LogP contribution in [0.3, 0.4) is 0 Å². The Bertz CT molecular complexity index is 2190. The molecule has 0 rings (SSSR count). The summed E-state index contributed by atoms with van der Waals surface area (Å²) in [5.74, 6) is -2.27. The molecule has 0 amide bonds. The summed E-state index contributed by atoms with van der Waals surface area (Å²) < 4.78 is 68.4. The number of esters is 4. The molecular weight excluding hydrogens is 1280 g/mol. The van der Waals surface area contributed by atoms with Gasteiger partial charge in [-0.3, -0.25) is 37.3 Å². The number of rotatable bonds is 73. The number of carbonyl (C=O) groups is 4. The zero-order valence-corrected chi connectivity index (χ0v) is 63.7. The van der Waals surface area contributed by atoms with Crippen LogP contribution < -0.4 is 0 Å². The van der Waals surface area contributed by atoms with E-state index in [-0.39, 0.29) is 25.7 Å². The second-order valence-electron chi connectivity index (χ2n) is 25.9. The molecule has 2 unspecified atom stereocenters. The number of aliphatic hydroxyl groups excluding tert-OH is 1. The van der Waals surface area contributed by atoms with Crippen LogP contribution >= 0.6 is 15.6 Å². The molecule has 0 aliphatic rings. The quantitative estimate of drug-likeness (QED) is 0.0169. The van der Waals surface area contributed by atoms with E-state index in [1.54, 1.807) is 0 Å². The molecule has 0 bridgehead atoms. The summed E-state index contributed by atoms with van der Waals surface area (Å²) in [5, 5.41) is 10.6. The van der Waals surface area contributed by atoms with E-state index in [9.17, 15) is 43.2 Å². The van der Waals surface area contributed by atoms with E-state index in [2.05, 4.69) is 101 Å². The van der Waals surface area contributed by atoms with Gasteiger partial charge in [-0.25, -0.2) is 9.13 Å². The third-order valence-electron chi connectivity index (χ3n) is 16.3. The summed E-state index contributed by atoms with van der Waals surface area (Å²) in [5.41, 5.74) is 0. The minimum Gasteiger partial charge on any atom is -0.462 e. The van der Waals surface area contributed by atoms with E-state index < -0.39 is 97.5 Å². The zero-order chi connectivity index (χ0) is 71.8. The molecule has 0 saturated heterocycles. The Morgan fingerprint density at radius 3 is 0.867 bits per heavy atom. The lowest BCUT2D eigenvalue weighted by Gasteiger charge is -2.21. The average molecular weight is 1420 g/mol. The highest BCUT2D eigenvalue weighted by Gasteiger charge is 2.30. The highest BCUT2D eigenvalue weighted by Crippen LogP contribution is 2.45.